The van der Waals surface area contributed by atoms with Crippen LogP contribution in [0.1, 0.15) is 26.7 Å². The van der Waals surface area contributed by atoms with Crippen molar-refractivity contribution in [1.29, 1.82) is 0 Å². The smallest absolute Gasteiger partial charge is 0.00774 e. The summed E-state index contributed by atoms with van der Waals surface area (Å²) in [5, 5.41) is 0. The van der Waals surface area contributed by atoms with E-state index in [1.54, 1.807) is 0 Å². The summed E-state index contributed by atoms with van der Waals surface area (Å²) in [5.74, 6) is 0.944. The average molecular weight is 135 g/mol. The van der Waals surface area contributed by atoms with E-state index in [1.165, 1.54) is 12.8 Å². The van der Waals surface area contributed by atoms with Crippen molar-refractivity contribution in [3.8, 4) is 0 Å². The molecule has 52 valence electrons. The molecule has 0 fully saturated rings. The molecule has 0 unspecified atom stereocenters. The van der Waals surface area contributed by atoms with Crippen molar-refractivity contribution in [2.24, 2.45) is 5.73 Å². The standard InChI is InChI=1S/C4H11N.C2H6S/c1-2-3-4-5;1-2-3/h2-5H2,1H3;3H,2H2,1H3. The van der Waals surface area contributed by atoms with Gasteiger partial charge in [-0.3, -0.25) is 0 Å². The van der Waals surface area contributed by atoms with Crippen LogP contribution in [0.3, 0.4) is 0 Å². The molecule has 8 heavy (non-hydrogen) atoms. The van der Waals surface area contributed by atoms with E-state index < -0.39 is 0 Å². The first-order valence-electron chi connectivity index (χ1n) is 3.14. The van der Waals surface area contributed by atoms with Crippen LogP contribution < -0.4 is 5.73 Å². The van der Waals surface area contributed by atoms with E-state index in [0.29, 0.717) is 0 Å². The summed E-state index contributed by atoms with van der Waals surface area (Å²) in [7, 11) is 0. The second kappa shape index (κ2) is 15.7. The van der Waals surface area contributed by atoms with E-state index in [9.17, 15) is 0 Å². The molecule has 0 atom stereocenters. The summed E-state index contributed by atoms with van der Waals surface area (Å²) in [6.07, 6.45) is 2.39. The van der Waals surface area contributed by atoms with E-state index in [2.05, 4.69) is 19.6 Å². The van der Waals surface area contributed by atoms with Crippen LogP contribution in [-0.2, 0) is 0 Å². The number of rotatable bonds is 2. The Morgan fingerprint density at radius 2 is 1.75 bits per heavy atom. The maximum Gasteiger partial charge on any atom is -0.00774 e. The van der Waals surface area contributed by atoms with Gasteiger partial charge in [0.25, 0.3) is 0 Å². The third-order valence-electron chi connectivity index (χ3n) is 0.558. The zero-order valence-electron chi connectivity index (χ0n) is 5.85. The Balaban J connectivity index is 0. The van der Waals surface area contributed by atoms with Gasteiger partial charge in [-0.1, -0.05) is 20.3 Å². The van der Waals surface area contributed by atoms with Crippen LogP contribution >= 0.6 is 12.6 Å². The monoisotopic (exact) mass is 135 g/mol. The van der Waals surface area contributed by atoms with Gasteiger partial charge in [0.15, 0.2) is 0 Å². The van der Waals surface area contributed by atoms with Crippen LogP contribution in [0, 0.1) is 0 Å². The summed E-state index contributed by atoms with van der Waals surface area (Å²) in [4.78, 5) is 0. The molecule has 2 N–H and O–H groups in total. The van der Waals surface area contributed by atoms with Gasteiger partial charge in [-0.05, 0) is 18.7 Å². The van der Waals surface area contributed by atoms with Crippen molar-refractivity contribution >= 4 is 12.6 Å². The lowest BCUT2D eigenvalue weighted by Crippen LogP contribution is -1.95. The van der Waals surface area contributed by atoms with Gasteiger partial charge in [-0.2, -0.15) is 12.6 Å². The molecule has 0 aromatic carbocycles. The van der Waals surface area contributed by atoms with Gasteiger partial charge in [0.1, 0.15) is 0 Å². The minimum absolute atomic E-state index is 0.844. The fraction of sp³-hybridized carbons (Fsp3) is 1.00. The Bertz CT molecular complexity index is 22.5. The van der Waals surface area contributed by atoms with Gasteiger partial charge in [-0.25, -0.2) is 0 Å². The van der Waals surface area contributed by atoms with Crippen molar-refractivity contribution < 1.29 is 0 Å². The first-order chi connectivity index (χ1) is 3.83. The molecule has 0 spiro atoms. The number of unbranched alkanes of at least 4 members (excludes halogenated alkanes) is 1. The predicted molar refractivity (Wildman–Crippen MR) is 43.5 cm³/mol. The Labute approximate surface area is 58.1 Å². The second-order valence-corrected chi connectivity index (χ2v) is 2.09. The maximum atomic E-state index is 5.14. The molecular weight excluding hydrogens is 118 g/mol. The minimum atomic E-state index is 0.844. The van der Waals surface area contributed by atoms with Crippen LogP contribution in [0.15, 0.2) is 0 Å². The number of nitrogens with two attached hydrogens (primary N) is 1. The normalized spacial score (nSPS) is 7.50. The molecule has 2 heteroatoms. The SMILES string of the molecule is CCCCN.CCS. The zero-order chi connectivity index (χ0) is 6.83. The maximum absolute atomic E-state index is 5.14. The highest BCUT2D eigenvalue weighted by Crippen LogP contribution is 1.77. The lowest BCUT2D eigenvalue weighted by atomic mass is 10.3. The van der Waals surface area contributed by atoms with Gasteiger partial charge in [0.2, 0.25) is 0 Å². The minimum Gasteiger partial charge on any atom is -0.330 e. The van der Waals surface area contributed by atoms with Crippen molar-refractivity contribution in [2.45, 2.75) is 26.7 Å². The van der Waals surface area contributed by atoms with E-state index >= 15 is 0 Å². The molecule has 0 saturated heterocycles. The van der Waals surface area contributed by atoms with Gasteiger partial charge >= 0.3 is 0 Å². The van der Waals surface area contributed by atoms with Gasteiger partial charge in [0.05, 0.1) is 0 Å². The molecule has 0 amide bonds. The number of thiol groups is 1. The molecule has 0 aromatic heterocycles. The van der Waals surface area contributed by atoms with Crippen LogP contribution in [0.2, 0.25) is 0 Å². The van der Waals surface area contributed by atoms with Crippen LogP contribution in [0.5, 0.6) is 0 Å². The Hall–Kier alpha value is 0.310. The average Bonchev–Trinajstić information content (AvgIpc) is 1.71. The van der Waals surface area contributed by atoms with E-state index in [1.807, 2.05) is 6.92 Å². The number of hydrogen-bond acceptors (Lipinski definition) is 2. The molecule has 0 bridgehead atoms. The van der Waals surface area contributed by atoms with Crippen molar-refractivity contribution in [3.05, 3.63) is 0 Å². The first kappa shape index (κ1) is 11.2. The second-order valence-electron chi connectivity index (χ2n) is 1.46. The molecule has 0 aromatic rings. The van der Waals surface area contributed by atoms with E-state index in [0.717, 1.165) is 12.3 Å². The zero-order valence-corrected chi connectivity index (χ0v) is 6.75. The Morgan fingerprint density at radius 1 is 1.38 bits per heavy atom. The lowest BCUT2D eigenvalue weighted by Gasteiger charge is -1.80. The van der Waals surface area contributed by atoms with Crippen molar-refractivity contribution in [2.75, 3.05) is 12.3 Å². The highest BCUT2D eigenvalue weighted by molar-refractivity contribution is 7.80. The molecule has 0 saturated carbocycles. The van der Waals surface area contributed by atoms with E-state index in [4.69, 9.17) is 5.73 Å². The van der Waals surface area contributed by atoms with E-state index in [-0.39, 0.29) is 0 Å². The summed E-state index contributed by atoms with van der Waals surface area (Å²) in [6, 6.07) is 0. The topological polar surface area (TPSA) is 26.0 Å². The molecule has 0 radical (unpaired) electrons. The summed E-state index contributed by atoms with van der Waals surface area (Å²) in [5.41, 5.74) is 5.14. The first-order valence-corrected chi connectivity index (χ1v) is 3.77. The number of hydrogen-bond donors (Lipinski definition) is 2. The third-order valence-corrected chi connectivity index (χ3v) is 0.558. The highest BCUT2D eigenvalue weighted by atomic mass is 32.1. The van der Waals surface area contributed by atoms with Crippen LogP contribution in [0.4, 0.5) is 0 Å². The molecule has 0 aliphatic heterocycles. The third kappa shape index (κ3) is 33.3. The van der Waals surface area contributed by atoms with Crippen molar-refractivity contribution in [1.82, 2.24) is 0 Å². The molecule has 0 heterocycles. The fourth-order valence-electron chi connectivity index (χ4n) is 0.204. The molecular formula is C6H17NS. The van der Waals surface area contributed by atoms with Crippen LogP contribution in [0.25, 0.3) is 0 Å². The summed E-state index contributed by atoms with van der Waals surface area (Å²) >= 11 is 3.79. The lowest BCUT2D eigenvalue weighted by molar-refractivity contribution is 0.807. The van der Waals surface area contributed by atoms with Gasteiger partial charge in [-0.15, -0.1) is 0 Å². The molecule has 0 aliphatic rings. The molecule has 0 aliphatic carbocycles. The van der Waals surface area contributed by atoms with Crippen LogP contribution in [-0.4, -0.2) is 12.3 Å². The Kier molecular flexibility index (Phi) is 21.8. The fourth-order valence-corrected chi connectivity index (χ4v) is 0.204. The highest BCUT2D eigenvalue weighted by Gasteiger charge is 1.67. The molecule has 1 nitrogen and oxygen atoms in total. The molecule has 0 rings (SSSR count). The van der Waals surface area contributed by atoms with Gasteiger partial charge < -0.3 is 5.73 Å². The summed E-state index contributed by atoms with van der Waals surface area (Å²) < 4.78 is 0. The summed E-state index contributed by atoms with van der Waals surface area (Å²) in [6.45, 7) is 4.96. The quantitative estimate of drug-likeness (QED) is 0.554. The largest absolute Gasteiger partial charge is 0.330 e. The predicted octanol–water partition coefficient (Wildman–Crippen LogP) is 1.68. The van der Waals surface area contributed by atoms with Crippen molar-refractivity contribution in [3.63, 3.8) is 0 Å². The Morgan fingerprint density at radius 3 is 1.75 bits per heavy atom. The van der Waals surface area contributed by atoms with Gasteiger partial charge in [0, 0.05) is 0 Å².